The molecule has 1 heterocycles. The molecule has 0 bridgehead atoms. The van der Waals surface area contributed by atoms with Crippen LogP contribution in [0.3, 0.4) is 0 Å². The third-order valence-electron chi connectivity index (χ3n) is 6.00. The van der Waals surface area contributed by atoms with Crippen molar-refractivity contribution < 1.29 is 19.7 Å². The molecule has 3 aromatic rings. The van der Waals surface area contributed by atoms with E-state index < -0.39 is 11.9 Å². The Morgan fingerprint density at radius 1 is 1.06 bits per heavy atom. The third kappa shape index (κ3) is 4.68. The van der Waals surface area contributed by atoms with Crippen molar-refractivity contribution in [1.29, 1.82) is 0 Å². The topological polar surface area (TPSA) is 129 Å². The van der Waals surface area contributed by atoms with Gasteiger partial charge in [0.05, 0.1) is 5.56 Å². The predicted molar refractivity (Wildman–Crippen MR) is 129 cm³/mol. The van der Waals surface area contributed by atoms with E-state index in [4.69, 9.17) is 10.5 Å². The van der Waals surface area contributed by atoms with Gasteiger partial charge in [-0.25, -0.2) is 10.9 Å². The van der Waals surface area contributed by atoms with Gasteiger partial charge >= 0.3 is 0 Å². The van der Waals surface area contributed by atoms with Gasteiger partial charge < -0.3 is 14.9 Å². The number of nitrogens with two attached hydrogens (primary N) is 1. The van der Waals surface area contributed by atoms with Gasteiger partial charge in [-0.05, 0) is 47.7 Å². The smallest absolute Gasteiger partial charge is 0.175 e. The average Bonchev–Trinajstić information content (AvgIpc) is 2.80. The lowest BCUT2D eigenvalue weighted by atomic mass is 9.96. The molecule has 34 heavy (non-hydrogen) atoms. The Kier molecular flexibility index (Phi) is 6.70. The molecule has 4 rings (SSSR count). The Hall–Kier alpha value is -3.27. The lowest BCUT2D eigenvalue weighted by Crippen LogP contribution is -2.81. The number of phenols is 1. The normalized spacial score (nSPS) is 15.6. The van der Waals surface area contributed by atoms with E-state index in [1.165, 1.54) is 6.92 Å². The summed E-state index contributed by atoms with van der Waals surface area (Å²) in [6, 6.07) is 18.2. The van der Waals surface area contributed by atoms with Crippen LogP contribution in [0.15, 0.2) is 60.7 Å². The maximum Gasteiger partial charge on any atom is 0.175 e. The van der Waals surface area contributed by atoms with Crippen LogP contribution in [0.25, 0.3) is 0 Å². The summed E-state index contributed by atoms with van der Waals surface area (Å²) in [5, 5.41) is 21.4. The molecule has 0 radical (unpaired) electrons. The van der Waals surface area contributed by atoms with Crippen molar-refractivity contribution in [3.63, 3.8) is 0 Å². The number of Topliss-reactive ketones (excluding diaryl/α,β-unsaturated/α-hetero) is 1. The maximum atomic E-state index is 11.8. The average molecular weight is 463 g/mol. The lowest BCUT2D eigenvalue weighted by molar-refractivity contribution is 0.0655. The minimum absolute atomic E-state index is 0.0173. The van der Waals surface area contributed by atoms with Gasteiger partial charge in [0, 0.05) is 11.1 Å². The molecule has 1 saturated heterocycles. The molecule has 0 saturated carbocycles. The van der Waals surface area contributed by atoms with E-state index in [1.807, 2.05) is 62.4 Å². The zero-order chi connectivity index (χ0) is 24.5. The van der Waals surface area contributed by atoms with Crippen molar-refractivity contribution >= 4 is 5.78 Å². The molecule has 7 N–H and O–H groups in total. The zero-order valence-corrected chi connectivity index (χ0v) is 19.4. The summed E-state index contributed by atoms with van der Waals surface area (Å²) < 4.78 is 5.99. The third-order valence-corrected chi connectivity index (χ3v) is 6.00. The summed E-state index contributed by atoms with van der Waals surface area (Å²) in [6.45, 7) is 5.59. The van der Waals surface area contributed by atoms with Crippen LogP contribution < -0.4 is 26.9 Å². The van der Waals surface area contributed by atoms with Crippen molar-refractivity contribution in [2.45, 2.75) is 45.2 Å². The highest BCUT2D eigenvalue weighted by atomic mass is 16.5. The lowest BCUT2D eigenvalue weighted by Gasteiger charge is -2.41. The van der Waals surface area contributed by atoms with Gasteiger partial charge in [0.25, 0.3) is 0 Å². The van der Waals surface area contributed by atoms with Gasteiger partial charge in [-0.2, -0.15) is 5.53 Å². The van der Waals surface area contributed by atoms with Crippen LogP contribution in [0.4, 0.5) is 0 Å². The molecule has 1 atom stereocenters. The molecular formula is C26H30N4O4. The molecule has 3 aromatic carbocycles. The number of nitrogens with one attached hydrogen (secondary N) is 3. The largest absolute Gasteiger partial charge is 0.507 e. The van der Waals surface area contributed by atoms with E-state index in [2.05, 4.69) is 16.4 Å². The summed E-state index contributed by atoms with van der Waals surface area (Å²) in [5.74, 6) is -0.562. The van der Waals surface area contributed by atoms with Crippen molar-refractivity contribution in [2.75, 3.05) is 0 Å². The van der Waals surface area contributed by atoms with Gasteiger partial charge in [-0.1, -0.05) is 56.3 Å². The highest BCUT2D eigenvalue weighted by Gasteiger charge is 2.34. The molecule has 8 nitrogen and oxygen atoms in total. The SMILES string of the molecule is CC(=O)c1ccc(OCc2ccc(C(O)c3cccc(C4(N)NNN4)c3)cc2)c(C(C)C)c1O. The minimum atomic E-state index is -0.872. The molecule has 8 heteroatoms. The molecule has 1 fully saturated rings. The zero-order valence-electron chi connectivity index (χ0n) is 19.4. The summed E-state index contributed by atoms with van der Waals surface area (Å²) in [4.78, 5) is 11.8. The van der Waals surface area contributed by atoms with Crippen LogP contribution in [0, 0.1) is 0 Å². The van der Waals surface area contributed by atoms with Crippen LogP contribution in [-0.2, 0) is 12.4 Å². The fraction of sp³-hybridized carbons (Fsp3) is 0.269. The van der Waals surface area contributed by atoms with Gasteiger partial charge in [-0.15, -0.1) is 0 Å². The molecule has 0 spiro atoms. The summed E-state index contributed by atoms with van der Waals surface area (Å²) in [7, 11) is 0. The molecule has 1 unspecified atom stereocenters. The van der Waals surface area contributed by atoms with E-state index in [0.717, 1.165) is 22.3 Å². The van der Waals surface area contributed by atoms with Gasteiger partial charge in [0.15, 0.2) is 11.6 Å². The van der Waals surface area contributed by atoms with E-state index in [1.54, 1.807) is 12.1 Å². The van der Waals surface area contributed by atoms with E-state index >= 15 is 0 Å². The first-order chi connectivity index (χ1) is 16.2. The van der Waals surface area contributed by atoms with E-state index in [0.29, 0.717) is 16.9 Å². The van der Waals surface area contributed by atoms with Crippen molar-refractivity contribution in [1.82, 2.24) is 16.4 Å². The number of ether oxygens (including phenoxy) is 1. The minimum Gasteiger partial charge on any atom is -0.507 e. The number of hydrazine groups is 2. The second-order valence-corrected chi connectivity index (χ2v) is 8.83. The summed E-state index contributed by atoms with van der Waals surface area (Å²) >= 11 is 0. The standard InChI is InChI=1S/C26H30N4O4/c1-15(2)23-22(12-11-21(16(3)31)25(23)33)34-14-17-7-9-18(10-8-17)24(32)19-5-4-6-20(13-19)26(27)28-30-29-26/h4-13,15,24,28-30,32-33H,14,27H2,1-3H3. The number of hydrogen-bond donors (Lipinski definition) is 6. The van der Waals surface area contributed by atoms with Crippen LogP contribution in [0.1, 0.15) is 71.0 Å². The van der Waals surface area contributed by atoms with Gasteiger partial charge in [0.1, 0.15) is 24.2 Å². The molecule has 1 aliphatic rings. The second kappa shape index (κ2) is 9.54. The number of aliphatic hydroxyl groups is 1. The maximum absolute atomic E-state index is 11.8. The Balaban J connectivity index is 1.47. The Labute approximate surface area is 198 Å². The molecule has 0 amide bonds. The number of carbonyl (C=O) groups is 1. The van der Waals surface area contributed by atoms with Crippen LogP contribution >= 0.6 is 0 Å². The Bertz CT molecular complexity index is 1190. The fourth-order valence-electron chi connectivity index (χ4n) is 4.00. The van der Waals surface area contributed by atoms with Crippen molar-refractivity contribution in [3.05, 3.63) is 94.0 Å². The monoisotopic (exact) mass is 462 g/mol. The van der Waals surface area contributed by atoms with E-state index in [9.17, 15) is 15.0 Å². The number of aliphatic hydroxyl groups excluding tert-OH is 1. The molecular weight excluding hydrogens is 432 g/mol. The van der Waals surface area contributed by atoms with Gasteiger partial charge in [-0.3, -0.25) is 10.5 Å². The first-order valence-corrected chi connectivity index (χ1v) is 11.1. The number of benzene rings is 3. The van der Waals surface area contributed by atoms with Crippen LogP contribution in [0.2, 0.25) is 0 Å². The number of phenolic OH excluding ortho intramolecular Hbond substituents is 1. The van der Waals surface area contributed by atoms with Crippen molar-refractivity contribution in [3.8, 4) is 11.5 Å². The highest BCUT2D eigenvalue weighted by Crippen LogP contribution is 2.37. The highest BCUT2D eigenvalue weighted by molar-refractivity contribution is 5.97. The van der Waals surface area contributed by atoms with Gasteiger partial charge in [0.2, 0.25) is 0 Å². The molecule has 1 aliphatic heterocycles. The first kappa shape index (κ1) is 23.9. The molecule has 0 aromatic heterocycles. The summed E-state index contributed by atoms with van der Waals surface area (Å²) in [5.41, 5.74) is 18.7. The number of carbonyl (C=O) groups excluding carboxylic acids is 1. The quantitative estimate of drug-likeness (QED) is 0.282. The number of aromatic hydroxyl groups is 1. The number of ketones is 1. The predicted octanol–water partition coefficient (Wildman–Crippen LogP) is 3.06. The second-order valence-electron chi connectivity index (χ2n) is 8.83. The van der Waals surface area contributed by atoms with Crippen LogP contribution in [0.5, 0.6) is 11.5 Å². The van der Waals surface area contributed by atoms with Crippen molar-refractivity contribution in [2.24, 2.45) is 5.73 Å². The fourth-order valence-corrected chi connectivity index (χ4v) is 4.00. The first-order valence-electron chi connectivity index (χ1n) is 11.1. The number of hydrogen-bond acceptors (Lipinski definition) is 8. The number of rotatable bonds is 8. The summed E-state index contributed by atoms with van der Waals surface area (Å²) in [6.07, 6.45) is -0.810. The van der Waals surface area contributed by atoms with E-state index in [-0.39, 0.29) is 24.1 Å². The van der Waals surface area contributed by atoms with Crippen LogP contribution in [-0.4, -0.2) is 16.0 Å². The Morgan fingerprint density at radius 3 is 2.35 bits per heavy atom. The molecule has 0 aliphatic carbocycles. The Morgan fingerprint density at radius 2 is 1.76 bits per heavy atom. The molecule has 178 valence electrons.